The lowest BCUT2D eigenvalue weighted by Crippen LogP contribution is -1.99. The van der Waals surface area contributed by atoms with Gasteiger partial charge < -0.3 is 0 Å². The van der Waals surface area contributed by atoms with E-state index in [9.17, 15) is 8.42 Å². The van der Waals surface area contributed by atoms with Crippen LogP contribution in [0.3, 0.4) is 0 Å². The molecule has 3 nitrogen and oxygen atoms in total. The molecule has 0 bridgehead atoms. The zero-order valence-electron chi connectivity index (χ0n) is 8.04. The zero-order valence-corrected chi connectivity index (χ0v) is 9.68. The highest BCUT2D eigenvalue weighted by molar-refractivity contribution is 7.90. The van der Waals surface area contributed by atoms with E-state index < -0.39 is 9.84 Å². The van der Waals surface area contributed by atoms with Crippen molar-refractivity contribution in [3.63, 3.8) is 0 Å². The van der Waals surface area contributed by atoms with Crippen LogP contribution in [-0.4, -0.2) is 19.7 Å². The summed E-state index contributed by atoms with van der Waals surface area (Å²) in [6.07, 6.45) is 2.68. The molecule has 2 aromatic rings. The van der Waals surface area contributed by atoms with Crippen molar-refractivity contribution in [1.82, 2.24) is 4.98 Å². The van der Waals surface area contributed by atoms with E-state index in [2.05, 4.69) is 4.98 Å². The summed E-state index contributed by atoms with van der Waals surface area (Å²) in [6.45, 7) is 0. The van der Waals surface area contributed by atoms with E-state index >= 15 is 0 Å². The molecule has 2 aromatic heterocycles. The Labute approximate surface area is 92.3 Å². The molecule has 0 N–H and O–H groups in total. The van der Waals surface area contributed by atoms with Gasteiger partial charge in [0.2, 0.25) is 0 Å². The summed E-state index contributed by atoms with van der Waals surface area (Å²) in [7, 11) is -3.22. The summed E-state index contributed by atoms with van der Waals surface area (Å²) in [5.41, 5.74) is 0.889. The van der Waals surface area contributed by atoms with E-state index in [-0.39, 0.29) is 5.03 Å². The van der Waals surface area contributed by atoms with Crippen LogP contribution >= 0.6 is 11.3 Å². The molecule has 78 valence electrons. The molecule has 0 aromatic carbocycles. The third-order valence-corrected chi connectivity index (χ3v) is 3.82. The Kier molecular flexibility index (Phi) is 2.58. The lowest BCUT2D eigenvalue weighted by Gasteiger charge is -2.00. The second-order valence-electron chi connectivity index (χ2n) is 3.13. The Morgan fingerprint density at radius 2 is 2.13 bits per heavy atom. The maximum Gasteiger partial charge on any atom is 0.192 e. The normalized spacial score (nSPS) is 11.5. The molecular weight excluding hydrogens is 230 g/mol. The Morgan fingerprint density at radius 1 is 1.33 bits per heavy atom. The quantitative estimate of drug-likeness (QED) is 0.807. The zero-order chi connectivity index (χ0) is 10.9. The molecule has 0 aliphatic carbocycles. The lowest BCUT2D eigenvalue weighted by molar-refractivity contribution is 0.598. The second kappa shape index (κ2) is 3.75. The molecule has 0 aliphatic heterocycles. The maximum absolute atomic E-state index is 11.3. The Bertz CT molecular complexity index is 559. The fourth-order valence-electron chi connectivity index (χ4n) is 1.21. The molecule has 15 heavy (non-hydrogen) atoms. The first-order chi connectivity index (χ1) is 7.07. The van der Waals surface area contributed by atoms with Gasteiger partial charge in [-0.1, -0.05) is 6.07 Å². The van der Waals surface area contributed by atoms with Gasteiger partial charge in [-0.15, -0.1) is 11.3 Å². The predicted octanol–water partition coefficient (Wildman–Crippen LogP) is 2.21. The van der Waals surface area contributed by atoms with E-state index in [1.54, 1.807) is 23.5 Å². The van der Waals surface area contributed by atoms with Crippen molar-refractivity contribution in [2.45, 2.75) is 5.03 Å². The van der Waals surface area contributed by atoms with Gasteiger partial charge in [0.1, 0.15) is 0 Å². The van der Waals surface area contributed by atoms with Gasteiger partial charge in [0.15, 0.2) is 14.9 Å². The van der Waals surface area contributed by atoms with Crippen LogP contribution in [-0.2, 0) is 9.84 Å². The van der Waals surface area contributed by atoms with Crippen LogP contribution in [0.25, 0.3) is 10.4 Å². The highest BCUT2D eigenvalue weighted by Crippen LogP contribution is 2.25. The smallest absolute Gasteiger partial charge is 0.192 e. The van der Waals surface area contributed by atoms with Gasteiger partial charge in [-0.3, -0.25) is 0 Å². The van der Waals surface area contributed by atoms with Crippen molar-refractivity contribution >= 4 is 21.2 Å². The second-order valence-corrected chi connectivity index (χ2v) is 6.04. The minimum absolute atomic E-state index is 0.119. The summed E-state index contributed by atoms with van der Waals surface area (Å²) in [5.74, 6) is 0. The number of hydrogen-bond acceptors (Lipinski definition) is 4. The lowest BCUT2D eigenvalue weighted by atomic mass is 10.2. The van der Waals surface area contributed by atoms with E-state index in [0.717, 1.165) is 16.7 Å². The van der Waals surface area contributed by atoms with E-state index in [1.165, 1.54) is 6.20 Å². The molecule has 2 heterocycles. The fraction of sp³-hybridized carbons (Fsp3) is 0.100. The van der Waals surface area contributed by atoms with Crippen LogP contribution in [0, 0.1) is 0 Å². The molecular formula is C10H9NO2S2. The summed E-state index contributed by atoms with van der Waals surface area (Å²) >= 11 is 1.57. The average Bonchev–Trinajstić information content (AvgIpc) is 2.69. The topological polar surface area (TPSA) is 47.0 Å². The molecule has 5 heteroatoms. The van der Waals surface area contributed by atoms with Gasteiger partial charge in [0, 0.05) is 17.3 Å². The first kappa shape index (κ1) is 10.3. The summed E-state index contributed by atoms with van der Waals surface area (Å²) in [5, 5.41) is 2.07. The SMILES string of the molecule is CS(=O)(=O)c1cc(-c2cccs2)ccn1. The number of pyridine rings is 1. The van der Waals surface area contributed by atoms with Crippen LogP contribution in [0.4, 0.5) is 0 Å². The Hall–Kier alpha value is -1.20. The summed E-state index contributed by atoms with van der Waals surface area (Å²) < 4.78 is 22.6. The highest BCUT2D eigenvalue weighted by Gasteiger charge is 2.09. The standard InChI is InChI=1S/C10H9NO2S2/c1-15(12,13)10-7-8(4-5-11-10)9-3-2-6-14-9/h2-7H,1H3. The van der Waals surface area contributed by atoms with Crippen molar-refractivity contribution in [2.75, 3.05) is 6.26 Å². The van der Waals surface area contributed by atoms with Crippen molar-refractivity contribution in [1.29, 1.82) is 0 Å². The molecule has 2 rings (SSSR count). The maximum atomic E-state index is 11.3. The number of sulfone groups is 1. The number of nitrogens with zero attached hydrogens (tertiary/aromatic N) is 1. The van der Waals surface area contributed by atoms with Crippen molar-refractivity contribution in [3.8, 4) is 10.4 Å². The molecule has 0 atom stereocenters. The molecule has 0 aliphatic rings. The van der Waals surface area contributed by atoms with Crippen molar-refractivity contribution in [3.05, 3.63) is 35.8 Å². The number of thiophene rings is 1. The first-order valence-electron chi connectivity index (χ1n) is 4.27. The van der Waals surface area contributed by atoms with Gasteiger partial charge in [-0.05, 0) is 29.1 Å². The molecule has 0 spiro atoms. The summed E-state index contributed by atoms with van der Waals surface area (Å²) in [6, 6.07) is 7.29. The first-order valence-corrected chi connectivity index (χ1v) is 7.04. The van der Waals surface area contributed by atoms with Gasteiger partial charge in [0.05, 0.1) is 0 Å². The average molecular weight is 239 g/mol. The van der Waals surface area contributed by atoms with Crippen LogP contribution in [0.15, 0.2) is 40.9 Å². The van der Waals surface area contributed by atoms with Crippen molar-refractivity contribution in [2.24, 2.45) is 0 Å². The number of aromatic nitrogens is 1. The highest BCUT2D eigenvalue weighted by atomic mass is 32.2. The van der Waals surface area contributed by atoms with Gasteiger partial charge in [0.25, 0.3) is 0 Å². The van der Waals surface area contributed by atoms with Crippen LogP contribution < -0.4 is 0 Å². The molecule has 0 saturated heterocycles. The van der Waals surface area contributed by atoms with Gasteiger partial charge in [-0.2, -0.15) is 0 Å². The fourth-order valence-corrected chi connectivity index (χ4v) is 2.53. The number of hydrogen-bond donors (Lipinski definition) is 0. The molecule has 0 unspecified atom stereocenters. The molecule has 0 fully saturated rings. The minimum atomic E-state index is -3.22. The van der Waals surface area contributed by atoms with Gasteiger partial charge in [-0.25, -0.2) is 13.4 Å². The number of rotatable bonds is 2. The Balaban J connectivity index is 2.53. The summed E-state index contributed by atoms with van der Waals surface area (Å²) in [4.78, 5) is 4.88. The minimum Gasteiger partial charge on any atom is -0.245 e. The van der Waals surface area contributed by atoms with Crippen LogP contribution in [0.1, 0.15) is 0 Å². The monoisotopic (exact) mass is 239 g/mol. The largest absolute Gasteiger partial charge is 0.245 e. The van der Waals surface area contributed by atoms with Gasteiger partial charge >= 0.3 is 0 Å². The van der Waals surface area contributed by atoms with Crippen LogP contribution in [0.2, 0.25) is 0 Å². The Morgan fingerprint density at radius 3 is 2.73 bits per heavy atom. The molecule has 0 saturated carbocycles. The molecule has 0 radical (unpaired) electrons. The predicted molar refractivity (Wildman–Crippen MR) is 60.7 cm³/mol. The van der Waals surface area contributed by atoms with E-state index in [4.69, 9.17) is 0 Å². The third kappa shape index (κ3) is 2.24. The molecule has 0 amide bonds. The van der Waals surface area contributed by atoms with Crippen LogP contribution in [0.5, 0.6) is 0 Å². The van der Waals surface area contributed by atoms with Crippen molar-refractivity contribution < 1.29 is 8.42 Å². The van der Waals surface area contributed by atoms with E-state index in [0.29, 0.717) is 0 Å². The third-order valence-electron chi connectivity index (χ3n) is 1.92. The van der Waals surface area contributed by atoms with E-state index in [1.807, 2.05) is 17.5 Å².